The number of carbonyl (C=O) groups is 1. The third kappa shape index (κ3) is 2.67. The van der Waals surface area contributed by atoms with Crippen LogP contribution in [0.1, 0.15) is 34.1 Å². The Balaban J connectivity index is 1.82. The fourth-order valence-corrected chi connectivity index (χ4v) is 3.55. The first-order valence-electron chi connectivity index (χ1n) is 6.75. The van der Waals surface area contributed by atoms with Gasteiger partial charge in [-0.25, -0.2) is 0 Å². The highest BCUT2D eigenvalue weighted by Gasteiger charge is 2.31. The predicted octanol–water partition coefficient (Wildman–Crippen LogP) is 3.63. The minimum atomic E-state index is -0.460. The molecular formula is C15H14N2O3S. The Kier molecular flexibility index (Phi) is 3.70. The molecule has 0 N–H and O–H groups in total. The van der Waals surface area contributed by atoms with Crippen molar-refractivity contribution < 1.29 is 9.72 Å². The monoisotopic (exact) mass is 302 g/mol. The Morgan fingerprint density at radius 1 is 1.29 bits per heavy atom. The van der Waals surface area contributed by atoms with E-state index in [2.05, 4.69) is 6.07 Å². The van der Waals surface area contributed by atoms with Crippen molar-refractivity contribution in [2.45, 2.75) is 18.9 Å². The molecule has 0 spiro atoms. The van der Waals surface area contributed by atoms with Gasteiger partial charge in [-0.05, 0) is 36.4 Å². The predicted molar refractivity (Wildman–Crippen MR) is 80.4 cm³/mol. The molecule has 1 atom stereocenters. The molecule has 1 unspecified atom stereocenters. The van der Waals surface area contributed by atoms with Crippen molar-refractivity contribution in [2.75, 3.05) is 6.54 Å². The SMILES string of the molecule is O=C(c1ccc([N+](=O)[O-])cc1)N1CCCC1c1cccs1. The van der Waals surface area contributed by atoms with Gasteiger partial charge in [0.2, 0.25) is 0 Å². The summed E-state index contributed by atoms with van der Waals surface area (Å²) in [6, 6.07) is 10.00. The number of amides is 1. The van der Waals surface area contributed by atoms with E-state index in [0.717, 1.165) is 19.4 Å². The Labute approximate surface area is 126 Å². The maximum atomic E-state index is 12.6. The molecular weight excluding hydrogens is 288 g/mol. The number of benzene rings is 1. The van der Waals surface area contributed by atoms with Crippen molar-refractivity contribution in [1.29, 1.82) is 0 Å². The van der Waals surface area contributed by atoms with E-state index in [1.807, 2.05) is 16.3 Å². The summed E-state index contributed by atoms with van der Waals surface area (Å²) >= 11 is 1.66. The highest BCUT2D eigenvalue weighted by Crippen LogP contribution is 2.35. The van der Waals surface area contributed by atoms with Gasteiger partial charge in [0, 0.05) is 29.1 Å². The first kappa shape index (κ1) is 13.8. The topological polar surface area (TPSA) is 63.4 Å². The molecule has 1 fully saturated rings. The molecule has 1 aromatic carbocycles. The molecule has 6 heteroatoms. The van der Waals surface area contributed by atoms with E-state index in [0.29, 0.717) is 5.56 Å². The van der Waals surface area contributed by atoms with E-state index in [1.165, 1.54) is 29.1 Å². The maximum Gasteiger partial charge on any atom is 0.269 e. The van der Waals surface area contributed by atoms with Gasteiger partial charge in [-0.15, -0.1) is 11.3 Å². The van der Waals surface area contributed by atoms with E-state index in [-0.39, 0.29) is 17.6 Å². The number of hydrogen-bond acceptors (Lipinski definition) is 4. The number of non-ortho nitro benzene ring substituents is 1. The van der Waals surface area contributed by atoms with Crippen molar-refractivity contribution in [3.05, 3.63) is 62.3 Å². The van der Waals surface area contributed by atoms with Crippen LogP contribution in [0, 0.1) is 10.1 Å². The third-order valence-corrected chi connectivity index (χ3v) is 4.68. The zero-order chi connectivity index (χ0) is 14.8. The van der Waals surface area contributed by atoms with E-state index in [1.54, 1.807) is 11.3 Å². The summed E-state index contributed by atoms with van der Waals surface area (Å²) in [5, 5.41) is 12.7. The Morgan fingerprint density at radius 2 is 2.05 bits per heavy atom. The second-order valence-corrected chi connectivity index (χ2v) is 5.96. The second kappa shape index (κ2) is 5.65. The molecule has 1 aromatic heterocycles. The Hall–Kier alpha value is -2.21. The van der Waals surface area contributed by atoms with Crippen molar-refractivity contribution in [2.24, 2.45) is 0 Å². The van der Waals surface area contributed by atoms with Gasteiger partial charge < -0.3 is 4.90 Å². The van der Waals surface area contributed by atoms with Crippen LogP contribution in [0.2, 0.25) is 0 Å². The second-order valence-electron chi connectivity index (χ2n) is 4.98. The largest absolute Gasteiger partial charge is 0.331 e. The number of hydrogen-bond donors (Lipinski definition) is 0. The summed E-state index contributed by atoms with van der Waals surface area (Å²) in [7, 11) is 0. The lowest BCUT2D eigenvalue weighted by Crippen LogP contribution is -2.30. The first-order valence-corrected chi connectivity index (χ1v) is 7.63. The maximum absolute atomic E-state index is 12.6. The van der Waals surface area contributed by atoms with E-state index in [4.69, 9.17) is 0 Å². The molecule has 5 nitrogen and oxygen atoms in total. The normalized spacial score (nSPS) is 17.9. The molecule has 0 bridgehead atoms. The van der Waals surface area contributed by atoms with Gasteiger partial charge in [-0.3, -0.25) is 14.9 Å². The fraction of sp³-hybridized carbons (Fsp3) is 0.267. The molecule has 2 heterocycles. The van der Waals surface area contributed by atoms with Crippen LogP contribution in [0.5, 0.6) is 0 Å². The molecule has 21 heavy (non-hydrogen) atoms. The lowest BCUT2D eigenvalue weighted by molar-refractivity contribution is -0.384. The molecule has 1 aliphatic heterocycles. The lowest BCUT2D eigenvalue weighted by atomic mass is 10.1. The van der Waals surface area contributed by atoms with Crippen LogP contribution in [0.15, 0.2) is 41.8 Å². The number of nitro benzene ring substituents is 1. The standard InChI is InChI=1S/C15H14N2O3S/c18-15(11-5-7-12(8-6-11)17(19)20)16-9-1-3-13(16)14-4-2-10-21-14/h2,4-8,10,13H,1,3,9H2. The van der Waals surface area contributed by atoms with Gasteiger partial charge in [0.1, 0.15) is 0 Å². The van der Waals surface area contributed by atoms with Crippen molar-refractivity contribution in [3.63, 3.8) is 0 Å². The summed E-state index contributed by atoms with van der Waals surface area (Å²) in [5.74, 6) is -0.0548. The molecule has 3 rings (SSSR count). The van der Waals surface area contributed by atoms with Crippen LogP contribution in [0.3, 0.4) is 0 Å². The minimum absolute atomic E-state index is 0.00257. The molecule has 1 amide bonds. The summed E-state index contributed by atoms with van der Waals surface area (Å²) in [6.07, 6.45) is 1.96. The van der Waals surface area contributed by atoms with Crippen LogP contribution >= 0.6 is 11.3 Å². The quantitative estimate of drug-likeness (QED) is 0.642. The van der Waals surface area contributed by atoms with E-state index in [9.17, 15) is 14.9 Å². The molecule has 1 saturated heterocycles. The zero-order valence-corrected chi connectivity index (χ0v) is 12.1. The molecule has 0 aliphatic carbocycles. The molecule has 1 aliphatic rings. The highest BCUT2D eigenvalue weighted by molar-refractivity contribution is 7.10. The third-order valence-electron chi connectivity index (χ3n) is 3.71. The first-order chi connectivity index (χ1) is 10.2. The zero-order valence-electron chi connectivity index (χ0n) is 11.3. The summed E-state index contributed by atoms with van der Waals surface area (Å²) in [4.78, 5) is 25.9. The minimum Gasteiger partial charge on any atom is -0.331 e. The van der Waals surface area contributed by atoms with E-state index >= 15 is 0 Å². The summed E-state index contributed by atoms with van der Waals surface area (Å²) < 4.78 is 0. The molecule has 2 aromatic rings. The Bertz CT molecular complexity index is 652. The fourth-order valence-electron chi connectivity index (χ4n) is 2.68. The van der Waals surface area contributed by atoms with Gasteiger partial charge in [0.05, 0.1) is 11.0 Å². The smallest absolute Gasteiger partial charge is 0.269 e. The summed E-state index contributed by atoms with van der Waals surface area (Å²) in [6.45, 7) is 0.735. The Morgan fingerprint density at radius 3 is 2.67 bits per heavy atom. The van der Waals surface area contributed by atoms with Gasteiger partial charge in [-0.2, -0.15) is 0 Å². The van der Waals surface area contributed by atoms with Gasteiger partial charge in [0.15, 0.2) is 0 Å². The van der Waals surface area contributed by atoms with Crippen LogP contribution in [-0.2, 0) is 0 Å². The van der Waals surface area contributed by atoms with Gasteiger partial charge in [-0.1, -0.05) is 6.07 Å². The van der Waals surface area contributed by atoms with Crippen LogP contribution < -0.4 is 0 Å². The average molecular weight is 302 g/mol. The van der Waals surface area contributed by atoms with E-state index < -0.39 is 4.92 Å². The summed E-state index contributed by atoms with van der Waals surface area (Å²) in [5.41, 5.74) is 0.506. The molecule has 108 valence electrons. The van der Waals surface area contributed by atoms with Crippen molar-refractivity contribution in [3.8, 4) is 0 Å². The van der Waals surface area contributed by atoms with Crippen LogP contribution in [-0.4, -0.2) is 22.3 Å². The van der Waals surface area contributed by atoms with Crippen molar-refractivity contribution >= 4 is 22.9 Å². The molecule has 0 saturated carbocycles. The van der Waals surface area contributed by atoms with Crippen LogP contribution in [0.4, 0.5) is 5.69 Å². The number of nitro groups is 1. The lowest BCUT2D eigenvalue weighted by Gasteiger charge is -2.24. The average Bonchev–Trinajstić information content (AvgIpc) is 3.17. The number of likely N-dealkylation sites (tertiary alicyclic amines) is 1. The number of nitrogens with zero attached hydrogens (tertiary/aromatic N) is 2. The number of rotatable bonds is 3. The number of carbonyl (C=O) groups excluding carboxylic acids is 1. The molecule has 0 radical (unpaired) electrons. The highest BCUT2D eigenvalue weighted by atomic mass is 32.1. The van der Waals surface area contributed by atoms with Crippen molar-refractivity contribution in [1.82, 2.24) is 4.90 Å². The van der Waals surface area contributed by atoms with Crippen LogP contribution in [0.25, 0.3) is 0 Å². The number of thiophene rings is 1. The van der Waals surface area contributed by atoms with Gasteiger partial charge >= 0.3 is 0 Å². The van der Waals surface area contributed by atoms with Gasteiger partial charge in [0.25, 0.3) is 11.6 Å².